The Kier molecular flexibility index (Phi) is 4.40. The second-order valence-corrected chi connectivity index (χ2v) is 4.66. The second kappa shape index (κ2) is 6.25. The number of para-hydroxylation sites is 1. The molecule has 1 nitrogen and oxygen atoms in total. The molecule has 0 aliphatic rings. The Hall–Kier alpha value is -1.76. The van der Waals surface area contributed by atoms with Gasteiger partial charge in [0.1, 0.15) is 0 Å². The number of benzene rings is 2. The van der Waals surface area contributed by atoms with Gasteiger partial charge in [-0.15, -0.1) is 0 Å². The molecule has 18 heavy (non-hydrogen) atoms. The van der Waals surface area contributed by atoms with Crippen molar-refractivity contribution in [2.75, 3.05) is 11.9 Å². The molecule has 0 N–H and O–H groups in total. The Balaban J connectivity index is 2.09. The van der Waals surface area contributed by atoms with Gasteiger partial charge in [-0.25, -0.2) is 0 Å². The normalized spacial score (nSPS) is 10.3. The quantitative estimate of drug-likeness (QED) is 0.724. The van der Waals surface area contributed by atoms with Gasteiger partial charge in [0.15, 0.2) is 0 Å². The van der Waals surface area contributed by atoms with E-state index in [0.717, 1.165) is 0 Å². The molecule has 0 unspecified atom stereocenters. The van der Waals surface area contributed by atoms with Crippen LogP contribution in [0.25, 0.3) is 0 Å². The van der Waals surface area contributed by atoms with E-state index in [-0.39, 0.29) is 0 Å². The van der Waals surface area contributed by atoms with Gasteiger partial charge in [-0.1, -0.05) is 43.7 Å². The van der Waals surface area contributed by atoms with Crippen LogP contribution in [-0.2, 0) is 6.42 Å². The Bertz CT molecular complexity index is 459. The van der Waals surface area contributed by atoms with Crippen LogP contribution in [0, 0.1) is 0 Å². The lowest BCUT2D eigenvalue weighted by Gasteiger charge is -2.19. The molecule has 0 fully saturated rings. The van der Waals surface area contributed by atoms with Gasteiger partial charge < -0.3 is 4.90 Å². The fourth-order valence-corrected chi connectivity index (χ4v) is 2.07. The van der Waals surface area contributed by atoms with Crippen LogP contribution in [0.15, 0.2) is 54.6 Å². The number of rotatable bonds is 5. The third-order valence-corrected chi connectivity index (χ3v) is 3.29. The molecule has 0 radical (unpaired) electrons. The molecule has 0 heterocycles. The lowest BCUT2D eigenvalue weighted by Crippen LogP contribution is -2.08. The third kappa shape index (κ3) is 3.13. The summed E-state index contributed by atoms with van der Waals surface area (Å²) in [5.41, 5.74) is 3.89. The zero-order chi connectivity index (χ0) is 12.8. The average Bonchev–Trinajstić information content (AvgIpc) is 2.46. The molecule has 0 saturated carbocycles. The smallest absolute Gasteiger partial charge is 0.0408 e. The van der Waals surface area contributed by atoms with Gasteiger partial charge in [-0.2, -0.15) is 0 Å². The second-order valence-electron chi connectivity index (χ2n) is 4.66. The molecule has 0 saturated heterocycles. The molecule has 0 aliphatic heterocycles. The molecular weight excluding hydrogens is 218 g/mol. The van der Waals surface area contributed by atoms with Crippen molar-refractivity contribution in [3.63, 3.8) is 0 Å². The number of unbranched alkanes of at least 4 members (excludes halogenated alkanes) is 1. The van der Waals surface area contributed by atoms with Crippen molar-refractivity contribution < 1.29 is 0 Å². The highest BCUT2D eigenvalue weighted by atomic mass is 15.1. The van der Waals surface area contributed by atoms with Crippen LogP contribution in [0.5, 0.6) is 0 Å². The molecular formula is C17H21N. The highest BCUT2D eigenvalue weighted by molar-refractivity contribution is 5.62. The van der Waals surface area contributed by atoms with Crippen LogP contribution >= 0.6 is 0 Å². The van der Waals surface area contributed by atoms with Crippen LogP contribution in [0.4, 0.5) is 11.4 Å². The molecule has 0 bridgehead atoms. The summed E-state index contributed by atoms with van der Waals surface area (Å²) in [6.07, 6.45) is 3.71. The summed E-state index contributed by atoms with van der Waals surface area (Å²) in [6.45, 7) is 2.23. The van der Waals surface area contributed by atoms with E-state index in [0.29, 0.717) is 0 Å². The van der Waals surface area contributed by atoms with Gasteiger partial charge in [0, 0.05) is 18.4 Å². The van der Waals surface area contributed by atoms with Crippen molar-refractivity contribution in [1.29, 1.82) is 0 Å². The van der Waals surface area contributed by atoms with Gasteiger partial charge in [0.25, 0.3) is 0 Å². The predicted molar refractivity (Wildman–Crippen MR) is 79.6 cm³/mol. The van der Waals surface area contributed by atoms with Crippen LogP contribution in [0.1, 0.15) is 25.3 Å². The van der Waals surface area contributed by atoms with Crippen molar-refractivity contribution in [2.24, 2.45) is 0 Å². The van der Waals surface area contributed by atoms with Crippen molar-refractivity contribution in [1.82, 2.24) is 0 Å². The van der Waals surface area contributed by atoms with Crippen molar-refractivity contribution in [3.8, 4) is 0 Å². The number of nitrogens with zero attached hydrogens (tertiary/aromatic N) is 1. The maximum Gasteiger partial charge on any atom is 0.0408 e. The first-order chi connectivity index (χ1) is 8.81. The number of hydrogen-bond donors (Lipinski definition) is 0. The Labute approximate surface area is 110 Å². The molecule has 0 spiro atoms. The van der Waals surface area contributed by atoms with E-state index in [1.807, 2.05) is 6.07 Å². The van der Waals surface area contributed by atoms with Gasteiger partial charge in [0.05, 0.1) is 0 Å². The van der Waals surface area contributed by atoms with E-state index in [4.69, 9.17) is 0 Å². The summed E-state index contributed by atoms with van der Waals surface area (Å²) in [5.74, 6) is 0. The lowest BCUT2D eigenvalue weighted by molar-refractivity contribution is 0.795. The Morgan fingerprint density at radius 1 is 0.833 bits per heavy atom. The first-order valence-electron chi connectivity index (χ1n) is 6.69. The predicted octanol–water partition coefficient (Wildman–Crippen LogP) is 4.80. The minimum Gasteiger partial charge on any atom is -0.345 e. The fourth-order valence-electron chi connectivity index (χ4n) is 2.07. The maximum absolute atomic E-state index is 2.24. The molecule has 0 atom stereocenters. The summed E-state index contributed by atoms with van der Waals surface area (Å²) in [6, 6.07) is 19.3. The summed E-state index contributed by atoms with van der Waals surface area (Å²) in [7, 11) is 2.11. The molecule has 1 heteroatoms. The highest BCUT2D eigenvalue weighted by Gasteiger charge is 2.02. The lowest BCUT2D eigenvalue weighted by atomic mass is 10.1. The van der Waals surface area contributed by atoms with Gasteiger partial charge >= 0.3 is 0 Å². The van der Waals surface area contributed by atoms with E-state index in [2.05, 4.69) is 67.4 Å². The van der Waals surface area contributed by atoms with Crippen molar-refractivity contribution >= 4 is 11.4 Å². The SMILES string of the molecule is CCCCc1ccc(N(C)c2ccccc2)cc1. The molecule has 94 valence electrons. The zero-order valence-corrected chi connectivity index (χ0v) is 11.3. The van der Waals surface area contributed by atoms with Crippen LogP contribution in [-0.4, -0.2) is 7.05 Å². The van der Waals surface area contributed by atoms with Crippen molar-refractivity contribution in [3.05, 3.63) is 60.2 Å². The van der Waals surface area contributed by atoms with E-state index in [1.165, 1.54) is 36.2 Å². The summed E-state index contributed by atoms with van der Waals surface area (Å²) in [4.78, 5) is 2.21. The van der Waals surface area contributed by atoms with Gasteiger partial charge in [-0.05, 0) is 42.7 Å². The van der Waals surface area contributed by atoms with E-state index >= 15 is 0 Å². The molecule has 0 aromatic heterocycles. The first kappa shape index (κ1) is 12.7. The Morgan fingerprint density at radius 2 is 1.44 bits per heavy atom. The van der Waals surface area contributed by atoms with Crippen LogP contribution in [0.3, 0.4) is 0 Å². The highest BCUT2D eigenvalue weighted by Crippen LogP contribution is 2.23. The molecule has 2 rings (SSSR count). The van der Waals surface area contributed by atoms with Crippen molar-refractivity contribution in [2.45, 2.75) is 26.2 Å². The standard InChI is InChI=1S/C17H21N/c1-3-4-8-15-11-13-17(14-12-15)18(2)16-9-6-5-7-10-16/h5-7,9-14H,3-4,8H2,1-2H3. The van der Waals surface area contributed by atoms with E-state index in [1.54, 1.807) is 0 Å². The van der Waals surface area contributed by atoms with Gasteiger partial charge in [-0.3, -0.25) is 0 Å². The van der Waals surface area contributed by atoms with E-state index in [9.17, 15) is 0 Å². The summed E-state index contributed by atoms with van der Waals surface area (Å²) in [5, 5.41) is 0. The topological polar surface area (TPSA) is 3.24 Å². The third-order valence-electron chi connectivity index (χ3n) is 3.29. The zero-order valence-electron chi connectivity index (χ0n) is 11.3. The maximum atomic E-state index is 2.24. The Morgan fingerprint density at radius 3 is 2.06 bits per heavy atom. The molecule has 2 aromatic carbocycles. The van der Waals surface area contributed by atoms with Gasteiger partial charge in [0.2, 0.25) is 0 Å². The molecule has 0 amide bonds. The monoisotopic (exact) mass is 239 g/mol. The number of anilines is 2. The van der Waals surface area contributed by atoms with Crippen LogP contribution in [0.2, 0.25) is 0 Å². The molecule has 2 aromatic rings. The average molecular weight is 239 g/mol. The molecule has 0 aliphatic carbocycles. The number of hydrogen-bond acceptors (Lipinski definition) is 1. The summed E-state index contributed by atoms with van der Waals surface area (Å²) < 4.78 is 0. The fraction of sp³-hybridized carbons (Fsp3) is 0.294. The van der Waals surface area contributed by atoms with Crippen LogP contribution < -0.4 is 4.90 Å². The minimum atomic E-state index is 1.19. The van der Waals surface area contributed by atoms with E-state index < -0.39 is 0 Å². The first-order valence-corrected chi connectivity index (χ1v) is 6.69. The summed E-state index contributed by atoms with van der Waals surface area (Å²) >= 11 is 0. The minimum absolute atomic E-state index is 1.19. The largest absolute Gasteiger partial charge is 0.345 e. The number of aryl methyl sites for hydroxylation is 1.